The molecule has 0 heterocycles. The van der Waals surface area contributed by atoms with Crippen LogP contribution in [-0.2, 0) is 0 Å². The molecule has 2 nitrogen and oxygen atoms in total. The topological polar surface area (TPSA) is 37.3 Å². The van der Waals surface area contributed by atoms with E-state index in [1.165, 1.54) is 28.5 Å². The number of carboxylic acids is 1. The number of allylic oxidation sites excluding steroid dienone is 5. The van der Waals surface area contributed by atoms with Crippen molar-refractivity contribution in [3.8, 4) is 0 Å². The zero-order valence-corrected chi connectivity index (χ0v) is 17.7. The van der Waals surface area contributed by atoms with Gasteiger partial charge in [-0.3, -0.25) is 0 Å². The first kappa shape index (κ1) is 22.6. The van der Waals surface area contributed by atoms with Gasteiger partial charge in [-0.25, -0.2) is 4.79 Å². The van der Waals surface area contributed by atoms with Gasteiger partial charge >= 0.3 is 5.97 Å². The smallest absolute Gasteiger partial charge is 0.336 e. The van der Waals surface area contributed by atoms with Gasteiger partial charge in [0.05, 0.1) is 10.9 Å². The molecule has 4 heteroatoms. The Morgan fingerprint density at radius 2 is 1.85 bits per heavy atom. The summed E-state index contributed by atoms with van der Waals surface area (Å²) in [5.74, 6) is -0.147. The van der Waals surface area contributed by atoms with Gasteiger partial charge in [-0.05, 0) is 59.1 Å². The van der Waals surface area contributed by atoms with Crippen molar-refractivity contribution in [3.63, 3.8) is 0 Å². The van der Waals surface area contributed by atoms with Crippen LogP contribution < -0.4 is 0 Å². The highest BCUT2D eigenvalue weighted by Gasteiger charge is 2.09. The van der Waals surface area contributed by atoms with Gasteiger partial charge in [0, 0.05) is 10.6 Å². The molecule has 0 saturated heterocycles. The van der Waals surface area contributed by atoms with Gasteiger partial charge in [-0.1, -0.05) is 47.1 Å². The summed E-state index contributed by atoms with van der Waals surface area (Å²) in [7, 11) is 0. The summed E-state index contributed by atoms with van der Waals surface area (Å²) in [4.78, 5) is 12.0. The lowest BCUT2D eigenvalue weighted by Gasteiger charge is -2.08. The normalized spacial score (nSPS) is 13.4. The first-order valence-electron chi connectivity index (χ1n) is 8.85. The molecule has 1 aromatic rings. The average molecular weight is 393 g/mol. The summed E-state index contributed by atoms with van der Waals surface area (Å²) in [6.07, 6.45) is 9.43. The van der Waals surface area contributed by atoms with Crippen molar-refractivity contribution in [1.29, 1.82) is 0 Å². The molecule has 1 aromatic carbocycles. The van der Waals surface area contributed by atoms with Gasteiger partial charge in [-0.15, -0.1) is 23.4 Å². The minimum atomic E-state index is -0.886. The first-order valence-corrected chi connectivity index (χ1v) is 10.3. The average Bonchev–Trinajstić information content (AvgIpc) is 2.54. The lowest BCUT2D eigenvalue weighted by atomic mass is 10.1. The molecule has 0 radical (unpaired) electrons. The van der Waals surface area contributed by atoms with Gasteiger partial charge in [0.1, 0.15) is 0 Å². The van der Waals surface area contributed by atoms with E-state index >= 15 is 0 Å². The van der Waals surface area contributed by atoms with Crippen molar-refractivity contribution >= 4 is 29.3 Å². The fourth-order valence-corrected chi connectivity index (χ4v) is 3.96. The van der Waals surface area contributed by atoms with Gasteiger partial charge in [-0.2, -0.15) is 0 Å². The highest BCUT2D eigenvalue weighted by molar-refractivity contribution is 7.99. The zero-order chi connectivity index (χ0) is 19.5. The molecule has 0 amide bonds. The Kier molecular flexibility index (Phi) is 10.5. The van der Waals surface area contributed by atoms with E-state index in [0.717, 1.165) is 29.9 Å². The largest absolute Gasteiger partial charge is 0.478 e. The highest BCUT2D eigenvalue weighted by atomic mass is 35.5. The molecule has 0 aliphatic rings. The Morgan fingerprint density at radius 3 is 2.50 bits per heavy atom. The van der Waals surface area contributed by atoms with Crippen molar-refractivity contribution in [1.82, 2.24) is 0 Å². The Bertz CT molecular complexity index is 685. The van der Waals surface area contributed by atoms with E-state index in [2.05, 4.69) is 45.9 Å². The third-order valence-electron chi connectivity index (χ3n) is 3.86. The van der Waals surface area contributed by atoms with Crippen LogP contribution in [0.4, 0.5) is 0 Å². The summed E-state index contributed by atoms with van der Waals surface area (Å²) in [5, 5.41) is 9.21. The number of aromatic carboxylic acids is 1. The van der Waals surface area contributed by atoms with Gasteiger partial charge in [0.2, 0.25) is 0 Å². The van der Waals surface area contributed by atoms with Crippen molar-refractivity contribution in [2.75, 3.05) is 5.75 Å². The number of carboxylic acid groups (broad SMARTS) is 1. The van der Waals surface area contributed by atoms with E-state index in [1.807, 2.05) is 12.1 Å². The standard InChI is InChI=1S/C22H29ClO2S/c1-16(2)8-7-9-17(3)14-19(23)15-18(4)12-13-26-21-11-6-5-10-20(21)22(24)25/h5-6,8,10-12,14,19H,7,9,13,15H2,1-4H3,(H,24,25). The Morgan fingerprint density at radius 1 is 1.15 bits per heavy atom. The Labute approximate surface area is 167 Å². The Balaban J connectivity index is 2.50. The molecule has 0 bridgehead atoms. The second-order valence-electron chi connectivity index (χ2n) is 6.72. The highest BCUT2D eigenvalue weighted by Crippen LogP contribution is 2.24. The number of rotatable bonds is 10. The molecular weight excluding hydrogens is 364 g/mol. The fraction of sp³-hybridized carbons (Fsp3) is 0.409. The van der Waals surface area contributed by atoms with Crippen LogP contribution in [0.25, 0.3) is 0 Å². The molecule has 142 valence electrons. The summed E-state index contributed by atoms with van der Waals surface area (Å²) < 4.78 is 0. The minimum absolute atomic E-state index is 0.00532. The summed E-state index contributed by atoms with van der Waals surface area (Å²) >= 11 is 7.99. The van der Waals surface area contributed by atoms with Crippen LogP contribution in [0.2, 0.25) is 0 Å². The van der Waals surface area contributed by atoms with Crippen LogP contribution in [0.15, 0.2) is 64.1 Å². The lowest BCUT2D eigenvalue weighted by Crippen LogP contribution is -1.99. The molecule has 0 fully saturated rings. The van der Waals surface area contributed by atoms with E-state index in [1.54, 1.807) is 12.1 Å². The third kappa shape index (κ3) is 9.30. The van der Waals surface area contributed by atoms with E-state index in [-0.39, 0.29) is 5.38 Å². The van der Waals surface area contributed by atoms with Crippen LogP contribution in [0, 0.1) is 0 Å². The molecular formula is C22H29ClO2S. The molecule has 0 aliphatic carbocycles. The fourth-order valence-electron chi connectivity index (χ4n) is 2.47. The summed E-state index contributed by atoms with van der Waals surface area (Å²) in [6, 6.07) is 7.10. The first-order chi connectivity index (χ1) is 12.3. The second-order valence-corrected chi connectivity index (χ2v) is 8.34. The van der Waals surface area contributed by atoms with Gasteiger partial charge in [0.15, 0.2) is 0 Å². The van der Waals surface area contributed by atoms with Crippen molar-refractivity contribution < 1.29 is 9.90 Å². The van der Waals surface area contributed by atoms with Gasteiger partial charge in [0.25, 0.3) is 0 Å². The van der Waals surface area contributed by atoms with E-state index in [9.17, 15) is 9.90 Å². The lowest BCUT2D eigenvalue weighted by molar-refractivity contribution is 0.0693. The number of alkyl halides is 1. The van der Waals surface area contributed by atoms with Crippen molar-refractivity contribution in [2.24, 2.45) is 0 Å². The van der Waals surface area contributed by atoms with E-state index in [4.69, 9.17) is 11.6 Å². The van der Waals surface area contributed by atoms with Crippen LogP contribution >= 0.6 is 23.4 Å². The van der Waals surface area contributed by atoms with Gasteiger partial charge < -0.3 is 5.11 Å². The number of hydrogen-bond donors (Lipinski definition) is 1. The van der Waals surface area contributed by atoms with Crippen LogP contribution in [0.5, 0.6) is 0 Å². The minimum Gasteiger partial charge on any atom is -0.478 e. The predicted molar refractivity (Wildman–Crippen MR) is 115 cm³/mol. The van der Waals surface area contributed by atoms with Crippen molar-refractivity contribution in [2.45, 2.75) is 57.2 Å². The van der Waals surface area contributed by atoms with E-state index in [0.29, 0.717) is 5.56 Å². The second kappa shape index (κ2) is 12.0. The molecule has 26 heavy (non-hydrogen) atoms. The predicted octanol–water partition coefficient (Wildman–Crippen LogP) is 7.11. The maximum absolute atomic E-state index is 11.2. The molecule has 0 spiro atoms. The molecule has 0 aliphatic heterocycles. The summed E-state index contributed by atoms with van der Waals surface area (Å²) in [6.45, 7) is 8.44. The van der Waals surface area contributed by atoms with Crippen LogP contribution in [-0.4, -0.2) is 22.2 Å². The molecule has 1 atom stereocenters. The maximum atomic E-state index is 11.2. The van der Waals surface area contributed by atoms with Crippen LogP contribution in [0.3, 0.4) is 0 Å². The number of halogens is 1. The number of hydrogen-bond acceptors (Lipinski definition) is 2. The van der Waals surface area contributed by atoms with Crippen molar-refractivity contribution in [3.05, 3.63) is 64.8 Å². The molecule has 1 unspecified atom stereocenters. The quantitative estimate of drug-likeness (QED) is 0.262. The molecule has 0 saturated carbocycles. The summed E-state index contributed by atoms with van der Waals surface area (Å²) in [5.41, 5.74) is 4.24. The Hall–Kier alpha value is -1.45. The molecule has 1 rings (SSSR count). The number of benzene rings is 1. The monoisotopic (exact) mass is 392 g/mol. The zero-order valence-electron chi connectivity index (χ0n) is 16.1. The SMILES string of the molecule is CC(C)=CCCC(C)=CC(Cl)CC(C)=CCSc1ccccc1C(=O)O. The number of thioether (sulfide) groups is 1. The molecule has 0 aromatic heterocycles. The van der Waals surface area contributed by atoms with E-state index < -0.39 is 5.97 Å². The number of carbonyl (C=O) groups is 1. The molecule has 1 N–H and O–H groups in total. The third-order valence-corrected chi connectivity index (χ3v) is 5.14. The maximum Gasteiger partial charge on any atom is 0.336 e. The van der Waals surface area contributed by atoms with Crippen LogP contribution in [0.1, 0.15) is 57.3 Å².